The third-order valence-electron chi connectivity index (χ3n) is 3.36. The Balaban J connectivity index is 1.64. The standard InChI is InChI=1S/C16H15NO3/c18-15-13-8-4-5-9-14(13)16(19)17(15)20-11-10-12-6-2-1-3-7-12/h1-9,15,18H,10-11H2. The van der Waals surface area contributed by atoms with Gasteiger partial charge in [0, 0.05) is 11.1 Å². The van der Waals surface area contributed by atoms with Gasteiger partial charge in [0.05, 0.1) is 6.61 Å². The highest BCUT2D eigenvalue weighted by molar-refractivity contribution is 5.98. The average Bonchev–Trinajstić information content (AvgIpc) is 2.74. The molecule has 102 valence electrons. The number of amides is 1. The number of aliphatic hydroxyl groups is 1. The first-order valence-electron chi connectivity index (χ1n) is 6.55. The highest BCUT2D eigenvalue weighted by Gasteiger charge is 2.36. The maximum atomic E-state index is 12.1. The van der Waals surface area contributed by atoms with Crippen molar-refractivity contribution in [2.75, 3.05) is 6.61 Å². The van der Waals surface area contributed by atoms with Crippen molar-refractivity contribution in [2.45, 2.75) is 12.6 Å². The van der Waals surface area contributed by atoms with Gasteiger partial charge in [0.1, 0.15) is 0 Å². The molecule has 0 aliphatic carbocycles. The summed E-state index contributed by atoms with van der Waals surface area (Å²) in [4.78, 5) is 17.5. The molecular formula is C16H15NO3. The smallest absolute Gasteiger partial charge is 0.280 e. The molecule has 1 N–H and O–H groups in total. The van der Waals surface area contributed by atoms with Gasteiger partial charge in [-0.05, 0) is 18.1 Å². The van der Waals surface area contributed by atoms with Crippen molar-refractivity contribution < 1.29 is 14.7 Å². The van der Waals surface area contributed by atoms with Crippen molar-refractivity contribution >= 4 is 5.91 Å². The first kappa shape index (κ1) is 12.8. The molecule has 0 aromatic heterocycles. The van der Waals surface area contributed by atoms with Gasteiger partial charge in [0.25, 0.3) is 5.91 Å². The molecule has 0 saturated heterocycles. The van der Waals surface area contributed by atoms with Gasteiger partial charge in [-0.3, -0.25) is 9.63 Å². The minimum absolute atomic E-state index is 0.291. The maximum absolute atomic E-state index is 12.1. The topological polar surface area (TPSA) is 49.8 Å². The van der Waals surface area contributed by atoms with Crippen LogP contribution in [0.3, 0.4) is 0 Å². The van der Waals surface area contributed by atoms with E-state index in [1.54, 1.807) is 24.3 Å². The second-order valence-electron chi connectivity index (χ2n) is 4.66. The number of aliphatic hydroxyl groups excluding tert-OH is 1. The fourth-order valence-electron chi connectivity index (χ4n) is 2.31. The van der Waals surface area contributed by atoms with Crippen LogP contribution in [0.4, 0.5) is 0 Å². The zero-order chi connectivity index (χ0) is 13.9. The van der Waals surface area contributed by atoms with E-state index in [0.717, 1.165) is 10.6 Å². The van der Waals surface area contributed by atoms with Crippen LogP contribution in [0.2, 0.25) is 0 Å². The molecule has 1 unspecified atom stereocenters. The second-order valence-corrected chi connectivity index (χ2v) is 4.66. The van der Waals surface area contributed by atoms with E-state index in [-0.39, 0.29) is 5.91 Å². The molecule has 1 atom stereocenters. The summed E-state index contributed by atoms with van der Waals surface area (Å²) in [5.41, 5.74) is 2.23. The Labute approximate surface area is 117 Å². The van der Waals surface area contributed by atoms with E-state index in [1.165, 1.54) is 0 Å². The van der Waals surface area contributed by atoms with E-state index >= 15 is 0 Å². The van der Waals surface area contributed by atoms with Crippen molar-refractivity contribution in [1.82, 2.24) is 5.06 Å². The van der Waals surface area contributed by atoms with Gasteiger partial charge >= 0.3 is 0 Å². The number of rotatable bonds is 4. The molecule has 4 nitrogen and oxygen atoms in total. The lowest BCUT2D eigenvalue weighted by molar-refractivity contribution is -0.197. The molecule has 0 bridgehead atoms. The lowest BCUT2D eigenvalue weighted by Crippen LogP contribution is -2.29. The van der Waals surface area contributed by atoms with Crippen molar-refractivity contribution in [1.29, 1.82) is 0 Å². The molecule has 4 heteroatoms. The molecule has 1 amide bonds. The predicted molar refractivity (Wildman–Crippen MR) is 73.7 cm³/mol. The molecule has 0 saturated carbocycles. The van der Waals surface area contributed by atoms with Crippen LogP contribution in [0.1, 0.15) is 27.7 Å². The van der Waals surface area contributed by atoms with E-state index in [4.69, 9.17) is 4.84 Å². The minimum Gasteiger partial charge on any atom is -0.367 e. The van der Waals surface area contributed by atoms with E-state index in [9.17, 15) is 9.90 Å². The maximum Gasteiger partial charge on any atom is 0.280 e. The highest BCUT2D eigenvalue weighted by Crippen LogP contribution is 2.31. The summed E-state index contributed by atoms with van der Waals surface area (Å²) in [5.74, 6) is -0.291. The lowest BCUT2D eigenvalue weighted by Gasteiger charge is -2.19. The zero-order valence-corrected chi connectivity index (χ0v) is 10.9. The average molecular weight is 269 g/mol. The van der Waals surface area contributed by atoms with Crippen molar-refractivity contribution in [3.05, 3.63) is 71.3 Å². The molecule has 2 aromatic carbocycles. The fourth-order valence-corrected chi connectivity index (χ4v) is 2.31. The van der Waals surface area contributed by atoms with Crippen molar-refractivity contribution in [3.63, 3.8) is 0 Å². The van der Waals surface area contributed by atoms with Crippen LogP contribution in [0.15, 0.2) is 54.6 Å². The van der Waals surface area contributed by atoms with E-state index in [0.29, 0.717) is 24.2 Å². The summed E-state index contributed by atoms with van der Waals surface area (Å²) in [6, 6.07) is 16.9. The number of hydrogen-bond acceptors (Lipinski definition) is 3. The first-order valence-corrected chi connectivity index (χ1v) is 6.55. The van der Waals surface area contributed by atoms with Crippen molar-refractivity contribution in [3.8, 4) is 0 Å². The minimum atomic E-state index is -1.02. The third kappa shape index (κ3) is 2.31. The number of fused-ring (bicyclic) bond motifs is 1. The molecule has 0 spiro atoms. The van der Waals surface area contributed by atoms with Gasteiger partial charge in [-0.1, -0.05) is 48.5 Å². The Morgan fingerprint density at radius 2 is 1.75 bits per heavy atom. The van der Waals surface area contributed by atoms with Crippen LogP contribution >= 0.6 is 0 Å². The fraction of sp³-hybridized carbons (Fsp3) is 0.188. The molecule has 0 radical (unpaired) electrons. The molecule has 0 fully saturated rings. The first-order chi connectivity index (χ1) is 9.77. The van der Waals surface area contributed by atoms with Crippen LogP contribution in [0, 0.1) is 0 Å². The monoisotopic (exact) mass is 269 g/mol. The molecule has 2 aromatic rings. The second kappa shape index (κ2) is 5.45. The quantitative estimate of drug-likeness (QED) is 0.926. The Bertz CT molecular complexity index is 612. The Morgan fingerprint density at radius 1 is 1.05 bits per heavy atom. The molecule has 1 aliphatic heterocycles. The van der Waals surface area contributed by atoms with E-state index < -0.39 is 6.23 Å². The Hall–Kier alpha value is -2.17. The molecule has 1 aliphatic rings. The van der Waals surface area contributed by atoms with Crippen LogP contribution in [0.5, 0.6) is 0 Å². The van der Waals surface area contributed by atoms with Gasteiger partial charge in [-0.15, -0.1) is 0 Å². The van der Waals surface area contributed by atoms with Crippen LogP contribution < -0.4 is 0 Å². The largest absolute Gasteiger partial charge is 0.367 e. The predicted octanol–water partition coefficient (Wildman–Crippen LogP) is 2.31. The van der Waals surface area contributed by atoms with Crippen LogP contribution in [-0.4, -0.2) is 22.7 Å². The molecular weight excluding hydrogens is 254 g/mol. The summed E-state index contributed by atoms with van der Waals surface area (Å²) in [6.07, 6.45) is -0.331. The van der Waals surface area contributed by atoms with Gasteiger partial charge in [-0.25, -0.2) is 0 Å². The van der Waals surface area contributed by atoms with Crippen LogP contribution in [-0.2, 0) is 11.3 Å². The van der Waals surface area contributed by atoms with Crippen LogP contribution in [0.25, 0.3) is 0 Å². The number of nitrogens with zero attached hydrogens (tertiary/aromatic N) is 1. The zero-order valence-electron chi connectivity index (χ0n) is 10.9. The van der Waals surface area contributed by atoms with Gasteiger partial charge in [-0.2, -0.15) is 5.06 Å². The molecule has 1 heterocycles. The third-order valence-corrected chi connectivity index (χ3v) is 3.36. The lowest BCUT2D eigenvalue weighted by atomic mass is 10.1. The number of carbonyl (C=O) groups is 1. The van der Waals surface area contributed by atoms with E-state index in [2.05, 4.69) is 0 Å². The van der Waals surface area contributed by atoms with Gasteiger partial charge in [0.2, 0.25) is 0 Å². The summed E-state index contributed by atoms with van der Waals surface area (Å²) in [5, 5.41) is 11.1. The Morgan fingerprint density at radius 3 is 2.50 bits per heavy atom. The van der Waals surface area contributed by atoms with Gasteiger partial charge < -0.3 is 5.11 Å². The number of carbonyl (C=O) groups excluding carboxylic acids is 1. The highest BCUT2D eigenvalue weighted by atomic mass is 16.7. The number of benzene rings is 2. The number of hydrogen-bond donors (Lipinski definition) is 1. The molecule has 20 heavy (non-hydrogen) atoms. The SMILES string of the molecule is O=C1c2ccccc2C(O)N1OCCc1ccccc1. The van der Waals surface area contributed by atoms with Gasteiger partial charge in [0.15, 0.2) is 6.23 Å². The normalized spacial score (nSPS) is 17.4. The summed E-state index contributed by atoms with van der Waals surface area (Å²) in [7, 11) is 0. The van der Waals surface area contributed by atoms with Crippen molar-refractivity contribution in [2.24, 2.45) is 0 Å². The summed E-state index contributed by atoms with van der Waals surface area (Å²) >= 11 is 0. The number of hydroxylamine groups is 2. The molecule has 3 rings (SSSR count). The summed E-state index contributed by atoms with van der Waals surface area (Å²) in [6.45, 7) is 0.348. The van der Waals surface area contributed by atoms with E-state index in [1.807, 2.05) is 30.3 Å². The Kier molecular flexibility index (Phi) is 3.50. The summed E-state index contributed by atoms with van der Waals surface area (Å²) < 4.78 is 0.